The number of rotatable bonds is 3. The third-order valence-electron chi connectivity index (χ3n) is 1.75. The third-order valence-corrected chi connectivity index (χ3v) is 1.75. The molecule has 4 heteroatoms. The zero-order valence-electron chi connectivity index (χ0n) is 6.28. The first-order valence-corrected chi connectivity index (χ1v) is 3.68. The van der Waals surface area contributed by atoms with E-state index in [1.165, 1.54) is 6.92 Å². The first kappa shape index (κ1) is 7.06. The van der Waals surface area contributed by atoms with Crippen LogP contribution in [0, 0.1) is 0 Å². The van der Waals surface area contributed by atoms with Gasteiger partial charge in [0.2, 0.25) is 0 Å². The molecule has 0 aromatic rings. The van der Waals surface area contributed by atoms with Crippen molar-refractivity contribution in [2.75, 3.05) is 13.2 Å². The van der Waals surface area contributed by atoms with E-state index in [0.717, 1.165) is 0 Å². The van der Waals surface area contributed by atoms with Crippen LogP contribution in [-0.2, 0) is 19.0 Å². The molecule has 2 rings (SSSR count). The molecule has 0 radical (unpaired) electrons. The van der Waals surface area contributed by atoms with E-state index < -0.39 is 0 Å². The van der Waals surface area contributed by atoms with Gasteiger partial charge in [0.1, 0.15) is 12.2 Å². The summed E-state index contributed by atoms with van der Waals surface area (Å²) in [4.78, 5) is 10.6. The Bertz CT molecular complexity index is 159. The minimum absolute atomic E-state index is 0.0893. The zero-order valence-corrected chi connectivity index (χ0v) is 6.28. The van der Waals surface area contributed by atoms with Crippen LogP contribution in [0.3, 0.4) is 0 Å². The van der Waals surface area contributed by atoms with Crippen molar-refractivity contribution in [2.45, 2.75) is 25.2 Å². The highest BCUT2D eigenvalue weighted by molar-refractivity contribution is 5.66. The molecule has 0 aliphatic carbocycles. The average molecular weight is 158 g/mol. The summed E-state index contributed by atoms with van der Waals surface area (Å²) < 4.78 is 15.0. The Morgan fingerprint density at radius 1 is 1.45 bits per heavy atom. The van der Waals surface area contributed by atoms with Gasteiger partial charge >= 0.3 is 5.97 Å². The number of ether oxygens (including phenoxy) is 3. The summed E-state index contributed by atoms with van der Waals surface area (Å²) in [6, 6.07) is 0. The minimum Gasteiger partial charge on any atom is -0.457 e. The minimum atomic E-state index is -0.263. The van der Waals surface area contributed by atoms with Gasteiger partial charge < -0.3 is 14.2 Å². The summed E-state index contributed by atoms with van der Waals surface area (Å²) in [6.07, 6.45) is 0.0188. The summed E-state index contributed by atoms with van der Waals surface area (Å²) in [7, 11) is 0. The van der Waals surface area contributed by atoms with Crippen LogP contribution >= 0.6 is 0 Å². The molecule has 0 aromatic carbocycles. The normalized spacial score (nSPS) is 33.6. The molecule has 11 heavy (non-hydrogen) atoms. The van der Waals surface area contributed by atoms with Gasteiger partial charge in [0.25, 0.3) is 0 Å². The number of hydrogen-bond acceptors (Lipinski definition) is 4. The van der Waals surface area contributed by atoms with Crippen LogP contribution in [0.1, 0.15) is 6.92 Å². The van der Waals surface area contributed by atoms with Gasteiger partial charge in [-0.1, -0.05) is 0 Å². The van der Waals surface area contributed by atoms with Gasteiger partial charge in [0.05, 0.1) is 13.2 Å². The lowest BCUT2D eigenvalue weighted by atomic mass is 10.2. The molecule has 2 aliphatic heterocycles. The summed E-state index contributed by atoms with van der Waals surface area (Å²) in [6.45, 7) is 2.79. The van der Waals surface area contributed by atoms with Crippen molar-refractivity contribution < 1.29 is 19.0 Å². The van der Waals surface area contributed by atoms with Gasteiger partial charge in [0.15, 0.2) is 6.10 Å². The van der Waals surface area contributed by atoms with E-state index in [9.17, 15) is 4.79 Å². The molecule has 2 aliphatic rings. The lowest BCUT2D eigenvalue weighted by Gasteiger charge is -2.10. The maximum atomic E-state index is 10.6. The second-order valence-electron chi connectivity index (χ2n) is 2.82. The smallest absolute Gasteiger partial charge is 0.303 e. The molecule has 0 aromatic heterocycles. The molecule has 2 saturated heterocycles. The Balaban J connectivity index is 1.86. The van der Waals surface area contributed by atoms with Crippen molar-refractivity contribution in [1.82, 2.24) is 0 Å². The van der Waals surface area contributed by atoms with Crippen molar-refractivity contribution in [1.29, 1.82) is 0 Å². The highest BCUT2D eigenvalue weighted by atomic mass is 16.7. The Hall–Kier alpha value is -0.610. The lowest BCUT2D eigenvalue weighted by Crippen LogP contribution is -2.28. The quantitative estimate of drug-likeness (QED) is 0.418. The van der Waals surface area contributed by atoms with Crippen LogP contribution in [0.2, 0.25) is 0 Å². The third kappa shape index (κ3) is 1.70. The Morgan fingerprint density at radius 3 is 2.18 bits per heavy atom. The predicted molar refractivity (Wildman–Crippen MR) is 35.0 cm³/mol. The summed E-state index contributed by atoms with van der Waals surface area (Å²) in [5, 5.41) is 0. The van der Waals surface area contributed by atoms with Crippen molar-refractivity contribution >= 4 is 5.97 Å². The van der Waals surface area contributed by atoms with Crippen molar-refractivity contribution in [2.24, 2.45) is 0 Å². The van der Waals surface area contributed by atoms with E-state index in [0.29, 0.717) is 13.2 Å². The fourth-order valence-electron chi connectivity index (χ4n) is 1.07. The van der Waals surface area contributed by atoms with Gasteiger partial charge in [0, 0.05) is 6.92 Å². The van der Waals surface area contributed by atoms with Gasteiger partial charge in [-0.3, -0.25) is 4.79 Å². The first-order chi connectivity index (χ1) is 5.27. The fraction of sp³-hybridized carbons (Fsp3) is 0.857. The standard InChI is InChI=1S/C7H10O4/c1-4(8)11-7(5-2-9-5)6-3-10-6/h5-7H,2-3H2,1H3/t5-,6-/m1/s1. The Morgan fingerprint density at radius 2 is 1.91 bits per heavy atom. The van der Waals surface area contributed by atoms with Gasteiger partial charge in [-0.2, -0.15) is 0 Å². The van der Waals surface area contributed by atoms with Crippen molar-refractivity contribution in [3.8, 4) is 0 Å². The molecular weight excluding hydrogens is 148 g/mol. The Kier molecular flexibility index (Phi) is 1.58. The second kappa shape index (κ2) is 2.46. The van der Waals surface area contributed by atoms with Crippen LogP contribution in [0.25, 0.3) is 0 Å². The SMILES string of the molecule is CC(=O)OC([C@H]1CO1)[C@H]1CO1. The number of carbonyl (C=O) groups excluding carboxylic acids is 1. The molecule has 0 amide bonds. The second-order valence-corrected chi connectivity index (χ2v) is 2.82. The molecule has 0 bridgehead atoms. The van der Waals surface area contributed by atoms with Crippen LogP contribution in [0.5, 0.6) is 0 Å². The highest BCUT2D eigenvalue weighted by Gasteiger charge is 2.46. The number of esters is 1. The molecule has 2 atom stereocenters. The fourth-order valence-corrected chi connectivity index (χ4v) is 1.07. The molecule has 2 heterocycles. The number of carbonyl (C=O) groups is 1. The van der Waals surface area contributed by atoms with Crippen LogP contribution in [0.15, 0.2) is 0 Å². The summed E-state index contributed by atoms with van der Waals surface area (Å²) >= 11 is 0. The van der Waals surface area contributed by atoms with Crippen molar-refractivity contribution in [3.05, 3.63) is 0 Å². The summed E-state index contributed by atoms with van der Waals surface area (Å²) in [5.74, 6) is -0.263. The van der Waals surface area contributed by atoms with E-state index >= 15 is 0 Å². The zero-order chi connectivity index (χ0) is 7.84. The molecule has 0 N–H and O–H groups in total. The van der Waals surface area contributed by atoms with E-state index in [-0.39, 0.29) is 24.3 Å². The number of epoxide rings is 2. The highest BCUT2D eigenvalue weighted by Crippen LogP contribution is 2.27. The summed E-state index contributed by atoms with van der Waals surface area (Å²) in [5.41, 5.74) is 0. The molecule has 62 valence electrons. The monoisotopic (exact) mass is 158 g/mol. The van der Waals surface area contributed by atoms with Crippen LogP contribution < -0.4 is 0 Å². The first-order valence-electron chi connectivity index (χ1n) is 3.68. The van der Waals surface area contributed by atoms with E-state index in [2.05, 4.69) is 0 Å². The van der Waals surface area contributed by atoms with E-state index in [1.807, 2.05) is 0 Å². The van der Waals surface area contributed by atoms with Crippen molar-refractivity contribution in [3.63, 3.8) is 0 Å². The lowest BCUT2D eigenvalue weighted by molar-refractivity contribution is -0.148. The van der Waals surface area contributed by atoms with Gasteiger partial charge in [-0.25, -0.2) is 0 Å². The Labute approximate surface area is 64.4 Å². The molecular formula is C7H10O4. The topological polar surface area (TPSA) is 51.4 Å². The van der Waals surface area contributed by atoms with E-state index in [1.54, 1.807) is 0 Å². The van der Waals surface area contributed by atoms with Crippen LogP contribution in [-0.4, -0.2) is 37.5 Å². The molecule has 0 unspecified atom stereocenters. The van der Waals surface area contributed by atoms with Gasteiger partial charge in [-0.15, -0.1) is 0 Å². The average Bonchev–Trinajstić information content (AvgIpc) is 2.79. The van der Waals surface area contributed by atoms with Crippen LogP contribution in [0.4, 0.5) is 0 Å². The maximum absolute atomic E-state index is 10.6. The molecule has 4 nitrogen and oxygen atoms in total. The maximum Gasteiger partial charge on any atom is 0.303 e. The molecule has 0 spiro atoms. The largest absolute Gasteiger partial charge is 0.457 e. The molecule has 0 saturated carbocycles. The van der Waals surface area contributed by atoms with E-state index in [4.69, 9.17) is 14.2 Å². The number of hydrogen-bond donors (Lipinski definition) is 0. The van der Waals surface area contributed by atoms with Gasteiger partial charge in [-0.05, 0) is 0 Å². The predicted octanol–water partition coefficient (Wildman–Crippen LogP) is -0.284. The molecule has 2 fully saturated rings.